The lowest BCUT2D eigenvalue weighted by molar-refractivity contribution is 0.639. The normalized spacial score (nSPS) is 8.91. The van der Waals surface area contributed by atoms with Gasteiger partial charge in [-0.15, -0.1) is 0 Å². The Morgan fingerprint density at radius 2 is 1.82 bits per heavy atom. The van der Waals surface area contributed by atoms with Crippen LogP contribution in [-0.2, 0) is 0 Å². The molecule has 0 spiro atoms. The fourth-order valence-corrected chi connectivity index (χ4v) is 0.915. The van der Waals surface area contributed by atoms with Crippen molar-refractivity contribution < 1.29 is 0 Å². The third kappa shape index (κ3) is 9.38. The maximum atomic E-state index is 3.97. The molecule has 0 aromatic rings. The van der Waals surface area contributed by atoms with Crippen LogP contribution in [0.1, 0.15) is 39.0 Å². The second-order valence-electron chi connectivity index (χ2n) is 2.62. The Labute approximate surface area is 69.4 Å². The van der Waals surface area contributed by atoms with Gasteiger partial charge in [0.2, 0.25) is 0 Å². The zero-order valence-electron chi connectivity index (χ0n) is 7.64. The first-order valence-electron chi connectivity index (χ1n) is 4.42. The summed E-state index contributed by atoms with van der Waals surface area (Å²) >= 11 is 0. The minimum atomic E-state index is 0.890. The number of hydrogen-bond acceptors (Lipinski definition) is 2. The van der Waals surface area contributed by atoms with Crippen LogP contribution in [0.25, 0.3) is 0 Å². The van der Waals surface area contributed by atoms with Gasteiger partial charge in [-0.25, -0.2) is 9.98 Å². The highest BCUT2D eigenvalue weighted by Gasteiger charge is 1.85. The van der Waals surface area contributed by atoms with Crippen molar-refractivity contribution >= 4 is 6.01 Å². The van der Waals surface area contributed by atoms with Gasteiger partial charge in [0.05, 0.1) is 6.01 Å². The Kier molecular flexibility index (Phi) is 8.85. The Hall–Kier alpha value is -0.620. The summed E-state index contributed by atoms with van der Waals surface area (Å²) in [5.74, 6) is 0. The van der Waals surface area contributed by atoms with Gasteiger partial charge >= 0.3 is 0 Å². The summed E-state index contributed by atoms with van der Waals surface area (Å²) in [7, 11) is 1.70. The summed E-state index contributed by atoms with van der Waals surface area (Å²) in [5.41, 5.74) is 0. The van der Waals surface area contributed by atoms with Crippen molar-refractivity contribution in [2.45, 2.75) is 39.0 Å². The van der Waals surface area contributed by atoms with E-state index in [2.05, 4.69) is 22.9 Å². The summed E-state index contributed by atoms with van der Waals surface area (Å²) in [6, 6.07) is 2.59. The van der Waals surface area contributed by atoms with Crippen LogP contribution >= 0.6 is 0 Å². The molecule has 0 heterocycles. The molecule has 0 atom stereocenters. The number of hydrogen-bond donors (Lipinski definition) is 0. The number of nitrogens with zero attached hydrogens (tertiary/aromatic N) is 2. The summed E-state index contributed by atoms with van der Waals surface area (Å²) in [4.78, 5) is 7.62. The van der Waals surface area contributed by atoms with Crippen LogP contribution < -0.4 is 0 Å². The molecule has 0 aliphatic carbocycles. The topological polar surface area (TPSA) is 24.7 Å². The summed E-state index contributed by atoms with van der Waals surface area (Å²) < 4.78 is 0. The minimum absolute atomic E-state index is 0.890. The average Bonchev–Trinajstić information content (AvgIpc) is 2.03. The molecule has 0 fully saturated rings. The van der Waals surface area contributed by atoms with E-state index in [4.69, 9.17) is 0 Å². The van der Waals surface area contributed by atoms with Crippen molar-refractivity contribution in [1.82, 2.24) is 0 Å². The van der Waals surface area contributed by atoms with E-state index in [0.29, 0.717) is 0 Å². The Balaban J connectivity index is 2.96. The van der Waals surface area contributed by atoms with Gasteiger partial charge in [-0.2, -0.15) is 0 Å². The maximum absolute atomic E-state index is 3.97. The van der Waals surface area contributed by atoms with Gasteiger partial charge in [-0.1, -0.05) is 32.6 Å². The van der Waals surface area contributed by atoms with Crippen LogP contribution in [0.5, 0.6) is 0 Å². The first-order valence-corrected chi connectivity index (χ1v) is 4.42. The predicted octanol–water partition coefficient (Wildman–Crippen LogP) is 2.76. The molecule has 64 valence electrons. The Morgan fingerprint density at radius 3 is 2.45 bits per heavy atom. The van der Waals surface area contributed by atoms with E-state index < -0.39 is 0 Å². The minimum Gasteiger partial charge on any atom is -0.229 e. The molecule has 0 rings (SSSR count). The number of aliphatic imine (C=N–C) groups is 2. The van der Waals surface area contributed by atoms with Gasteiger partial charge in [0.15, 0.2) is 0 Å². The van der Waals surface area contributed by atoms with Gasteiger partial charge in [-0.3, -0.25) is 0 Å². The largest absolute Gasteiger partial charge is 0.229 e. The van der Waals surface area contributed by atoms with Crippen molar-refractivity contribution in [3.05, 3.63) is 0 Å². The molecule has 2 heteroatoms. The molecule has 0 N–H and O–H groups in total. The van der Waals surface area contributed by atoms with Gasteiger partial charge in [0, 0.05) is 13.6 Å². The number of unbranched alkanes of at least 4 members (excludes halogenated alkanes) is 4. The lowest BCUT2D eigenvalue weighted by Crippen LogP contribution is -1.81. The molecule has 11 heavy (non-hydrogen) atoms. The van der Waals surface area contributed by atoms with E-state index in [-0.39, 0.29) is 0 Å². The second kappa shape index (κ2) is 9.38. The van der Waals surface area contributed by atoms with Crippen molar-refractivity contribution in [2.75, 3.05) is 13.6 Å². The van der Waals surface area contributed by atoms with Crippen molar-refractivity contribution in [2.24, 2.45) is 9.98 Å². The van der Waals surface area contributed by atoms with Gasteiger partial charge in [0.1, 0.15) is 0 Å². The van der Waals surface area contributed by atoms with Crippen LogP contribution in [0, 0.1) is 0 Å². The quantitative estimate of drug-likeness (QED) is 0.415. The first-order chi connectivity index (χ1) is 5.41. The monoisotopic (exact) mass is 154 g/mol. The SMILES string of the molecule is CCCCCCCN=C=NC. The first kappa shape index (κ1) is 10.4. The zero-order valence-corrected chi connectivity index (χ0v) is 7.64. The maximum Gasteiger partial charge on any atom is 0.0889 e. The van der Waals surface area contributed by atoms with Crippen LogP contribution in [0.4, 0.5) is 0 Å². The molecule has 0 amide bonds. The molecular weight excluding hydrogens is 136 g/mol. The summed E-state index contributed by atoms with van der Waals surface area (Å²) in [5, 5.41) is 0. The molecule has 0 aliphatic heterocycles. The summed E-state index contributed by atoms with van der Waals surface area (Å²) in [6.45, 7) is 3.11. The Bertz CT molecular complexity index is 124. The smallest absolute Gasteiger partial charge is 0.0889 e. The predicted molar refractivity (Wildman–Crippen MR) is 49.4 cm³/mol. The molecule has 0 saturated heterocycles. The fourth-order valence-electron chi connectivity index (χ4n) is 0.915. The molecule has 0 aromatic heterocycles. The van der Waals surface area contributed by atoms with Crippen molar-refractivity contribution in [3.8, 4) is 0 Å². The summed E-state index contributed by atoms with van der Waals surface area (Å²) in [6.07, 6.45) is 6.48. The molecule has 0 saturated carbocycles. The van der Waals surface area contributed by atoms with Gasteiger partial charge < -0.3 is 0 Å². The second-order valence-corrected chi connectivity index (χ2v) is 2.62. The Morgan fingerprint density at radius 1 is 1.09 bits per heavy atom. The van der Waals surface area contributed by atoms with E-state index in [9.17, 15) is 0 Å². The van der Waals surface area contributed by atoms with Crippen LogP contribution in [-0.4, -0.2) is 19.6 Å². The van der Waals surface area contributed by atoms with Gasteiger partial charge in [-0.05, 0) is 6.42 Å². The van der Waals surface area contributed by atoms with E-state index in [0.717, 1.165) is 6.54 Å². The van der Waals surface area contributed by atoms with Gasteiger partial charge in [0.25, 0.3) is 0 Å². The highest BCUT2D eigenvalue weighted by Crippen LogP contribution is 2.01. The highest BCUT2D eigenvalue weighted by atomic mass is 14.8. The molecule has 2 nitrogen and oxygen atoms in total. The number of rotatable bonds is 6. The third-order valence-corrected chi connectivity index (χ3v) is 1.54. The molecular formula is C9H18N2. The van der Waals surface area contributed by atoms with Crippen LogP contribution in [0.3, 0.4) is 0 Å². The zero-order chi connectivity index (χ0) is 8.36. The fraction of sp³-hybridized carbons (Fsp3) is 0.889. The molecule has 0 unspecified atom stereocenters. The molecule has 0 radical (unpaired) electrons. The van der Waals surface area contributed by atoms with Crippen molar-refractivity contribution in [3.63, 3.8) is 0 Å². The van der Waals surface area contributed by atoms with E-state index in [1.165, 1.54) is 32.1 Å². The van der Waals surface area contributed by atoms with E-state index in [1.54, 1.807) is 7.05 Å². The molecule has 0 bridgehead atoms. The third-order valence-electron chi connectivity index (χ3n) is 1.54. The van der Waals surface area contributed by atoms with E-state index in [1.807, 2.05) is 0 Å². The highest BCUT2D eigenvalue weighted by molar-refractivity contribution is 5.40. The van der Waals surface area contributed by atoms with E-state index >= 15 is 0 Å². The van der Waals surface area contributed by atoms with Crippen molar-refractivity contribution in [1.29, 1.82) is 0 Å². The van der Waals surface area contributed by atoms with Crippen LogP contribution in [0.2, 0.25) is 0 Å². The molecule has 0 aliphatic rings. The standard InChI is InChI=1S/C9H18N2/c1-3-4-5-6-7-8-11-9-10-2/h3-8H2,1-2H3. The average molecular weight is 154 g/mol. The van der Waals surface area contributed by atoms with Crippen LogP contribution in [0.15, 0.2) is 9.98 Å². The lowest BCUT2D eigenvalue weighted by Gasteiger charge is -1.94. The lowest BCUT2D eigenvalue weighted by atomic mass is 10.2. The molecule has 0 aromatic carbocycles.